The van der Waals surface area contributed by atoms with Crippen molar-refractivity contribution < 1.29 is 17.9 Å². The highest BCUT2D eigenvalue weighted by Gasteiger charge is 2.35. The van der Waals surface area contributed by atoms with Crippen LogP contribution in [0.25, 0.3) is 11.3 Å². The first-order chi connectivity index (χ1) is 13.3. The summed E-state index contributed by atoms with van der Waals surface area (Å²) in [5, 5.41) is 0.372. The Morgan fingerprint density at radius 2 is 2.11 bits per heavy atom. The van der Waals surface area contributed by atoms with Crippen LogP contribution in [-0.4, -0.2) is 29.1 Å². The number of halogens is 3. The fourth-order valence-corrected chi connectivity index (χ4v) is 4.57. The third-order valence-corrected chi connectivity index (χ3v) is 5.92. The van der Waals surface area contributed by atoms with E-state index in [-0.39, 0.29) is 12.4 Å². The zero-order chi connectivity index (χ0) is 20.3. The van der Waals surface area contributed by atoms with Gasteiger partial charge >= 0.3 is 6.18 Å². The molecule has 0 bridgehead atoms. The predicted octanol–water partition coefficient (Wildman–Crippen LogP) is 5.57. The van der Waals surface area contributed by atoms with Crippen LogP contribution in [0.15, 0.2) is 18.2 Å². The molecular formula is C20H26F3N3OS. The molecule has 1 aliphatic rings. The summed E-state index contributed by atoms with van der Waals surface area (Å²) in [6, 6.07) is 4.66. The van der Waals surface area contributed by atoms with Gasteiger partial charge in [-0.15, -0.1) is 11.3 Å². The Bertz CT molecular complexity index is 806. The van der Waals surface area contributed by atoms with Gasteiger partial charge in [0.15, 0.2) is 5.13 Å². The number of nitrogens with two attached hydrogens (primary N) is 1. The highest BCUT2D eigenvalue weighted by atomic mass is 32.1. The van der Waals surface area contributed by atoms with E-state index >= 15 is 0 Å². The summed E-state index contributed by atoms with van der Waals surface area (Å²) in [7, 11) is 0. The third-order valence-electron chi connectivity index (χ3n) is 5.05. The molecular weight excluding hydrogens is 387 g/mol. The third kappa shape index (κ3) is 4.60. The van der Waals surface area contributed by atoms with Crippen LogP contribution in [0.4, 0.5) is 18.3 Å². The summed E-state index contributed by atoms with van der Waals surface area (Å²) in [4.78, 5) is 7.64. The van der Waals surface area contributed by atoms with Crippen molar-refractivity contribution in [2.24, 2.45) is 0 Å². The van der Waals surface area contributed by atoms with Crippen LogP contribution in [0.5, 0.6) is 5.75 Å². The minimum absolute atomic E-state index is 0.145. The molecule has 2 heterocycles. The highest BCUT2D eigenvalue weighted by Crippen LogP contribution is 2.40. The molecule has 8 heteroatoms. The molecule has 0 radical (unpaired) electrons. The van der Waals surface area contributed by atoms with Gasteiger partial charge in [-0.05, 0) is 50.4 Å². The van der Waals surface area contributed by atoms with E-state index in [4.69, 9.17) is 10.5 Å². The van der Waals surface area contributed by atoms with Gasteiger partial charge in [0.1, 0.15) is 5.75 Å². The van der Waals surface area contributed by atoms with E-state index in [2.05, 4.69) is 16.8 Å². The van der Waals surface area contributed by atoms with Crippen molar-refractivity contribution in [1.29, 1.82) is 0 Å². The molecule has 3 rings (SSSR count). The van der Waals surface area contributed by atoms with Gasteiger partial charge < -0.3 is 10.5 Å². The number of benzene rings is 1. The second-order valence-electron chi connectivity index (χ2n) is 7.06. The van der Waals surface area contributed by atoms with Crippen molar-refractivity contribution in [3.63, 3.8) is 0 Å². The Labute approximate surface area is 167 Å². The number of nitrogens with zero attached hydrogens (tertiary/aromatic N) is 2. The second-order valence-corrected chi connectivity index (χ2v) is 8.17. The van der Waals surface area contributed by atoms with E-state index in [0.29, 0.717) is 35.4 Å². The molecule has 1 aromatic heterocycles. The maximum Gasteiger partial charge on any atom is 0.419 e. The molecule has 0 aliphatic carbocycles. The molecule has 1 aromatic carbocycles. The largest absolute Gasteiger partial charge is 0.493 e. The molecule has 4 nitrogen and oxygen atoms in total. The van der Waals surface area contributed by atoms with Gasteiger partial charge in [-0.1, -0.05) is 13.8 Å². The van der Waals surface area contributed by atoms with Gasteiger partial charge in [0.05, 0.1) is 17.9 Å². The van der Waals surface area contributed by atoms with E-state index in [1.165, 1.54) is 17.4 Å². The molecule has 0 amide bonds. The Balaban J connectivity index is 1.95. The zero-order valence-electron chi connectivity index (χ0n) is 16.2. The van der Waals surface area contributed by atoms with E-state index < -0.39 is 11.7 Å². The standard InChI is InChI=1S/C20H26F3N3OS/c1-3-10-27-16-8-7-13(11-15(16)20(21,22)23)18-17(28-19(24)25-18)12-26-9-5-6-14(26)4-2/h7-8,11,14H,3-6,9-10,12H2,1-2H3,(H2,24,25)/t14-/m1/s1. The molecule has 0 unspecified atom stereocenters. The number of hydrogen-bond donors (Lipinski definition) is 1. The average molecular weight is 414 g/mol. The Morgan fingerprint density at radius 1 is 1.32 bits per heavy atom. The highest BCUT2D eigenvalue weighted by molar-refractivity contribution is 7.15. The molecule has 154 valence electrons. The Hall–Kier alpha value is -1.80. The average Bonchev–Trinajstić information content (AvgIpc) is 3.25. The van der Waals surface area contributed by atoms with E-state index in [1.54, 1.807) is 6.07 Å². The maximum atomic E-state index is 13.6. The van der Waals surface area contributed by atoms with Crippen molar-refractivity contribution in [2.45, 2.75) is 58.3 Å². The first-order valence-corrected chi connectivity index (χ1v) is 10.5. The van der Waals surface area contributed by atoms with Crippen LogP contribution < -0.4 is 10.5 Å². The minimum Gasteiger partial charge on any atom is -0.493 e. The van der Waals surface area contributed by atoms with Crippen LogP contribution in [0.2, 0.25) is 0 Å². The lowest BCUT2D eigenvalue weighted by Crippen LogP contribution is -2.28. The summed E-state index contributed by atoms with van der Waals surface area (Å²) in [6.07, 6.45) is -0.500. The minimum atomic E-state index is -4.50. The molecule has 28 heavy (non-hydrogen) atoms. The van der Waals surface area contributed by atoms with Crippen molar-refractivity contribution in [3.05, 3.63) is 28.6 Å². The van der Waals surface area contributed by atoms with Crippen LogP contribution in [0.1, 0.15) is 50.0 Å². The molecule has 1 saturated heterocycles. The summed E-state index contributed by atoms with van der Waals surface area (Å²) in [5.41, 5.74) is 6.11. The first kappa shape index (κ1) is 20.9. The lowest BCUT2D eigenvalue weighted by Gasteiger charge is -2.23. The summed E-state index contributed by atoms with van der Waals surface area (Å²) in [5.74, 6) is -0.145. The zero-order valence-corrected chi connectivity index (χ0v) is 17.0. The fourth-order valence-electron chi connectivity index (χ4n) is 3.69. The topological polar surface area (TPSA) is 51.4 Å². The van der Waals surface area contributed by atoms with Crippen molar-refractivity contribution in [3.8, 4) is 17.0 Å². The number of anilines is 1. The van der Waals surface area contributed by atoms with Crippen molar-refractivity contribution in [2.75, 3.05) is 18.9 Å². The first-order valence-electron chi connectivity index (χ1n) is 9.67. The van der Waals surface area contributed by atoms with Crippen molar-refractivity contribution in [1.82, 2.24) is 9.88 Å². The normalized spacial score (nSPS) is 18.0. The second kappa shape index (κ2) is 8.69. The van der Waals surface area contributed by atoms with E-state index in [0.717, 1.165) is 36.8 Å². The van der Waals surface area contributed by atoms with Gasteiger partial charge in [-0.3, -0.25) is 4.90 Å². The van der Waals surface area contributed by atoms with Gasteiger partial charge in [-0.2, -0.15) is 13.2 Å². The van der Waals surface area contributed by atoms with Crippen LogP contribution >= 0.6 is 11.3 Å². The lowest BCUT2D eigenvalue weighted by molar-refractivity contribution is -0.138. The molecule has 1 aliphatic heterocycles. The summed E-state index contributed by atoms with van der Waals surface area (Å²) >= 11 is 1.35. The van der Waals surface area contributed by atoms with Crippen LogP contribution in [-0.2, 0) is 12.7 Å². The molecule has 2 aromatic rings. The molecule has 1 atom stereocenters. The number of nitrogen functional groups attached to an aromatic ring is 1. The van der Waals surface area contributed by atoms with Gasteiger partial charge in [0.2, 0.25) is 0 Å². The van der Waals surface area contributed by atoms with Gasteiger partial charge in [0.25, 0.3) is 0 Å². The maximum absolute atomic E-state index is 13.6. The van der Waals surface area contributed by atoms with Crippen LogP contribution in [0, 0.1) is 0 Å². The molecule has 1 fully saturated rings. The Morgan fingerprint density at radius 3 is 2.79 bits per heavy atom. The molecule has 0 spiro atoms. The monoisotopic (exact) mass is 413 g/mol. The van der Waals surface area contributed by atoms with Crippen molar-refractivity contribution >= 4 is 16.5 Å². The van der Waals surface area contributed by atoms with Gasteiger partial charge in [-0.25, -0.2) is 4.98 Å². The predicted molar refractivity (Wildman–Crippen MR) is 106 cm³/mol. The summed E-state index contributed by atoms with van der Waals surface area (Å²) in [6.45, 7) is 5.92. The van der Waals surface area contributed by atoms with E-state index in [9.17, 15) is 13.2 Å². The number of rotatable bonds is 7. The number of hydrogen-bond acceptors (Lipinski definition) is 5. The number of thiazole rings is 1. The smallest absolute Gasteiger partial charge is 0.419 e. The summed E-state index contributed by atoms with van der Waals surface area (Å²) < 4.78 is 46.0. The number of likely N-dealkylation sites (tertiary alicyclic amines) is 1. The molecule has 2 N–H and O–H groups in total. The number of aromatic nitrogens is 1. The lowest BCUT2D eigenvalue weighted by atomic mass is 10.1. The van der Waals surface area contributed by atoms with Gasteiger partial charge in [0, 0.05) is 23.0 Å². The fraction of sp³-hybridized carbons (Fsp3) is 0.550. The van der Waals surface area contributed by atoms with Crippen LogP contribution in [0.3, 0.4) is 0 Å². The number of alkyl halides is 3. The number of ether oxygens (including phenoxy) is 1. The quantitative estimate of drug-likeness (QED) is 0.644. The molecule has 0 saturated carbocycles. The van der Waals surface area contributed by atoms with E-state index in [1.807, 2.05) is 6.92 Å². The SMILES string of the molecule is CCCOc1ccc(-c2nc(N)sc2CN2CCC[C@H]2CC)cc1C(F)(F)F. The Kier molecular flexibility index (Phi) is 6.50.